The minimum absolute atomic E-state index is 0.0847. The molecule has 3 heterocycles. The molecule has 0 fully saturated rings. The molecular weight excluding hydrogens is 406 g/mol. The minimum Gasteiger partial charge on any atom is -0.422 e. The van der Waals surface area contributed by atoms with E-state index in [0.29, 0.717) is 11.7 Å². The lowest BCUT2D eigenvalue weighted by atomic mass is 10.0. The van der Waals surface area contributed by atoms with Crippen molar-refractivity contribution in [1.82, 2.24) is 45.4 Å². The predicted molar refractivity (Wildman–Crippen MR) is 115 cm³/mol. The summed E-state index contributed by atoms with van der Waals surface area (Å²) in [6, 6.07) is 22.1. The fourth-order valence-electron chi connectivity index (χ4n) is 3.73. The van der Waals surface area contributed by atoms with Crippen LogP contribution in [0.4, 0.5) is 0 Å². The normalized spacial score (nSPS) is 11.1. The number of hydrogen-bond donors (Lipinski definition) is 0. The summed E-state index contributed by atoms with van der Waals surface area (Å²) < 4.78 is 7.64. The Morgan fingerprint density at radius 3 is 2.16 bits per heavy atom. The molecule has 3 aromatic heterocycles. The Bertz CT molecular complexity index is 1550. The number of hydrogen-bond acceptors (Lipinski definition) is 9. The first-order valence-electron chi connectivity index (χ1n) is 9.69. The smallest absolute Gasteiger partial charge is 0.360 e. The standard InChI is InChI=1S/C22H13N9O/c1-2-7-19-17(6-1)18-9-8-15(11-20(18)31(19)21-27-23-12-24-28-21)14-4-3-5-16(10-14)32-22-29-25-13-26-30-22/h1-13H. The Morgan fingerprint density at radius 2 is 1.31 bits per heavy atom. The maximum atomic E-state index is 5.68. The molecule has 32 heavy (non-hydrogen) atoms. The molecule has 0 spiro atoms. The van der Waals surface area contributed by atoms with E-state index < -0.39 is 0 Å². The molecule has 0 aliphatic carbocycles. The van der Waals surface area contributed by atoms with Gasteiger partial charge < -0.3 is 4.74 Å². The molecule has 6 aromatic rings. The zero-order valence-electron chi connectivity index (χ0n) is 16.4. The van der Waals surface area contributed by atoms with Crippen LogP contribution in [0.1, 0.15) is 0 Å². The molecule has 3 aromatic carbocycles. The van der Waals surface area contributed by atoms with Crippen molar-refractivity contribution in [3.05, 3.63) is 79.4 Å². The van der Waals surface area contributed by atoms with Crippen LogP contribution in [0.2, 0.25) is 0 Å². The van der Waals surface area contributed by atoms with Gasteiger partial charge in [-0.3, -0.25) is 4.57 Å². The highest BCUT2D eigenvalue weighted by Crippen LogP contribution is 2.34. The molecule has 0 atom stereocenters. The highest BCUT2D eigenvalue weighted by molar-refractivity contribution is 6.09. The summed E-state index contributed by atoms with van der Waals surface area (Å²) >= 11 is 0. The molecule has 0 bridgehead atoms. The Morgan fingerprint density at radius 1 is 0.594 bits per heavy atom. The van der Waals surface area contributed by atoms with Crippen LogP contribution in [0.5, 0.6) is 11.8 Å². The quantitative estimate of drug-likeness (QED) is 0.423. The van der Waals surface area contributed by atoms with E-state index in [2.05, 4.69) is 65.1 Å². The lowest BCUT2D eigenvalue weighted by Crippen LogP contribution is -2.03. The van der Waals surface area contributed by atoms with Gasteiger partial charge >= 0.3 is 6.01 Å². The summed E-state index contributed by atoms with van der Waals surface area (Å²) in [6.45, 7) is 0. The van der Waals surface area contributed by atoms with Crippen LogP contribution in [-0.4, -0.2) is 45.4 Å². The van der Waals surface area contributed by atoms with E-state index in [-0.39, 0.29) is 6.01 Å². The molecule has 10 nitrogen and oxygen atoms in total. The van der Waals surface area contributed by atoms with Gasteiger partial charge in [-0.25, -0.2) is 0 Å². The summed E-state index contributed by atoms with van der Waals surface area (Å²) in [7, 11) is 0. The third-order valence-corrected chi connectivity index (χ3v) is 5.04. The Balaban J connectivity index is 1.50. The highest BCUT2D eigenvalue weighted by Gasteiger charge is 2.15. The van der Waals surface area contributed by atoms with Crippen molar-refractivity contribution in [2.75, 3.05) is 0 Å². The third-order valence-electron chi connectivity index (χ3n) is 5.04. The summed E-state index contributed by atoms with van der Waals surface area (Å²) in [5.74, 6) is 0.992. The van der Waals surface area contributed by atoms with Gasteiger partial charge in [0.1, 0.15) is 5.75 Å². The van der Waals surface area contributed by atoms with E-state index in [4.69, 9.17) is 4.74 Å². The lowest BCUT2D eigenvalue weighted by Gasteiger charge is -2.08. The topological polar surface area (TPSA) is 117 Å². The minimum atomic E-state index is 0.0847. The lowest BCUT2D eigenvalue weighted by molar-refractivity contribution is 0.423. The van der Waals surface area contributed by atoms with Crippen LogP contribution in [0.25, 0.3) is 38.9 Å². The predicted octanol–water partition coefficient (Wildman–Crippen LogP) is 3.40. The van der Waals surface area contributed by atoms with Gasteiger partial charge in [-0.05, 0) is 35.4 Å². The van der Waals surface area contributed by atoms with Crippen molar-refractivity contribution >= 4 is 21.8 Å². The van der Waals surface area contributed by atoms with Crippen molar-refractivity contribution in [1.29, 1.82) is 0 Å². The number of aromatic nitrogens is 9. The summed E-state index contributed by atoms with van der Waals surface area (Å²) in [5.41, 5.74) is 3.88. The monoisotopic (exact) mass is 419 g/mol. The molecule has 0 radical (unpaired) electrons. The molecule has 0 N–H and O–H groups in total. The zero-order chi connectivity index (χ0) is 21.3. The van der Waals surface area contributed by atoms with Gasteiger partial charge in [0.25, 0.3) is 5.95 Å². The van der Waals surface area contributed by atoms with Crippen LogP contribution in [0.3, 0.4) is 0 Å². The summed E-state index contributed by atoms with van der Waals surface area (Å²) in [4.78, 5) is 0. The molecule has 10 heteroatoms. The van der Waals surface area contributed by atoms with Crippen molar-refractivity contribution in [2.45, 2.75) is 0 Å². The van der Waals surface area contributed by atoms with Gasteiger partial charge in [-0.15, -0.1) is 30.6 Å². The maximum Gasteiger partial charge on any atom is 0.360 e. The Kier molecular flexibility index (Phi) is 4.17. The molecular formula is C22H13N9O. The fraction of sp³-hybridized carbons (Fsp3) is 0. The van der Waals surface area contributed by atoms with E-state index in [1.165, 1.54) is 12.7 Å². The van der Waals surface area contributed by atoms with Gasteiger partial charge in [0, 0.05) is 10.8 Å². The van der Waals surface area contributed by atoms with Crippen molar-refractivity contribution in [3.63, 3.8) is 0 Å². The first-order chi connectivity index (χ1) is 15.9. The van der Waals surface area contributed by atoms with Crippen LogP contribution < -0.4 is 4.74 Å². The SMILES string of the molecule is c1cc(Oc2nncnn2)cc(-c2ccc3c4ccccc4n(-c4nncnn4)c3c2)c1. The molecule has 0 aliphatic rings. The Hall–Kier alpha value is -4.86. The largest absolute Gasteiger partial charge is 0.422 e. The van der Waals surface area contributed by atoms with Gasteiger partial charge in [0.15, 0.2) is 12.7 Å². The molecule has 0 saturated carbocycles. The summed E-state index contributed by atoms with van der Waals surface area (Å²) in [6.07, 6.45) is 2.56. The number of fused-ring (bicyclic) bond motifs is 3. The first-order valence-corrected chi connectivity index (χ1v) is 9.69. The molecule has 0 amide bonds. The number of para-hydroxylation sites is 1. The maximum absolute atomic E-state index is 5.68. The van der Waals surface area contributed by atoms with E-state index in [0.717, 1.165) is 32.9 Å². The third kappa shape index (κ3) is 3.06. The second kappa shape index (κ2) is 7.43. The number of nitrogens with zero attached hydrogens (tertiary/aromatic N) is 9. The van der Waals surface area contributed by atoms with Crippen LogP contribution >= 0.6 is 0 Å². The van der Waals surface area contributed by atoms with Crippen LogP contribution in [0, 0.1) is 0 Å². The van der Waals surface area contributed by atoms with Gasteiger partial charge in [-0.1, -0.05) is 52.7 Å². The zero-order valence-corrected chi connectivity index (χ0v) is 16.4. The molecule has 0 aliphatic heterocycles. The average molecular weight is 419 g/mol. The number of benzene rings is 3. The first kappa shape index (κ1) is 18.0. The van der Waals surface area contributed by atoms with Crippen molar-refractivity contribution in [3.8, 4) is 28.8 Å². The molecule has 0 unspecified atom stereocenters. The number of ether oxygens (including phenoxy) is 1. The summed E-state index contributed by atoms with van der Waals surface area (Å²) in [5, 5.41) is 33.3. The second-order valence-electron chi connectivity index (χ2n) is 6.89. The van der Waals surface area contributed by atoms with Crippen LogP contribution in [-0.2, 0) is 0 Å². The van der Waals surface area contributed by atoms with Crippen LogP contribution in [0.15, 0.2) is 79.4 Å². The van der Waals surface area contributed by atoms with E-state index in [1.807, 2.05) is 47.0 Å². The Labute approximate surface area is 180 Å². The van der Waals surface area contributed by atoms with E-state index in [9.17, 15) is 0 Å². The number of rotatable bonds is 4. The van der Waals surface area contributed by atoms with E-state index >= 15 is 0 Å². The van der Waals surface area contributed by atoms with Gasteiger partial charge in [-0.2, -0.15) is 0 Å². The van der Waals surface area contributed by atoms with Gasteiger partial charge in [0.2, 0.25) is 0 Å². The van der Waals surface area contributed by atoms with E-state index in [1.54, 1.807) is 0 Å². The average Bonchev–Trinajstić information content (AvgIpc) is 3.19. The molecule has 6 rings (SSSR count). The van der Waals surface area contributed by atoms with Gasteiger partial charge in [0.05, 0.1) is 11.0 Å². The van der Waals surface area contributed by atoms with Crippen molar-refractivity contribution in [2.24, 2.45) is 0 Å². The fourth-order valence-corrected chi connectivity index (χ4v) is 3.73. The molecule has 152 valence electrons. The van der Waals surface area contributed by atoms with Crippen molar-refractivity contribution < 1.29 is 4.74 Å². The highest BCUT2D eigenvalue weighted by atomic mass is 16.5. The molecule has 0 saturated heterocycles. The second-order valence-corrected chi connectivity index (χ2v) is 6.89.